The number of pyridine rings is 2. The van der Waals surface area contributed by atoms with E-state index in [4.69, 9.17) is 4.98 Å². The van der Waals surface area contributed by atoms with Crippen LogP contribution in [0.1, 0.15) is 33.6 Å². The highest BCUT2D eigenvalue weighted by Crippen LogP contribution is 2.52. The van der Waals surface area contributed by atoms with Crippen LogP contribution < -0.4 is 4.90 Å². The van der Waals surface area contributed by atoms with E-state index in [1.807, 2.05) is 18.5 Å². The van der Waals surface area contributed by atoms with Crippen LogP contribution in [0.2, 0.25) is 0 Å². The lowest BCUT2D eigenvalue weighted by Crippen LogP contribution is -2.26. The van der Waals surface area contributed by atoms with E-state index in [-0.39, 0.29) is 0 Å². The number of nitrogens with zero attached hydrogens (tertiary/aromatic N) is 3. The van der Waals surface area contributed by atoms with Crippen molar-refractivity contribution in [1.29, 1.82) is 0 Å². The van der Waals surface area contributed by atoms with E-state index >= 15 is 0 Å². The molecule has 0 saturated heterocycles. The van der Waals surface area contributed by atoms with Crippen LogP contribution in [-0.4, -0.2) is 9.97 Å². The molecule has 0 bridgehead atoms. The fourth-order valence-electron chi connectivity index (χ4n) is 5.25. The Labute approximate surface area is 163 Å². The van der Waals surface area contributed by atoms with E-state index in [0.29, 0.717) is 0 Å². The first-order valence-electron chi connectivity index (χ1n) is 9.82. The van der Waals surface area contributed by atoms with Crippen LogP contribution in [0.3, 0.4) is 0 Å². The summed E-state index contributed by atoms with van der Waals surface area (Å²) >= 11 is 0. The number of hydrogen-bond acceptors (Lipinski definition) is 3. The number of rotatable bonds is 0. The summed E-state index contributed by atoms with van der Waals surface area (Å²) in [5.41, 5.74) is 14.5. The highest BCUT2D eigenvalue weighted by molar-refractivity contribution is 5.91. The van der Waals surface area contributed by atoms with E-state index in [1.165, 1.54) is 50.4 Å². The average Bonchev–Trinajstić information content (AvgIpc) is 3.13. The van der Waals surface area contributed by atoms with Crippen LogP contribution in [0.5, 0.6) is 0 Å². The van der Waals surface area contributed by atoms with Crippen molar-refractivity contribution in [3.8, 4) is 11.1 Å². The van der Waals surface area contributed by atoms with Gasteiger partial charge in [-0.2, -0.15) is 0 Å². The van der Waals surface area contributed by atoms with Crippen molar-refractivity contribution in [3.63, 3.8) is 0 Å². The lowest BCUT2D eigenvalue weighted by Gasteiger charge is -2.38. The molecule has 0 N–H and O–H groups in total. The Morgan fingerprint density at radius 3 is 2.50 bits per heavy atom. The number of hydrogen-bond donors (Lipinski definition) is 0. The minimum atomic E-state index is 0.807. The maximum absolute atomic E-state index is 4.71. The number of fused-ring (bicyclic) bond motifs is 8. The molecule has 3 aliphatic rings. The second-order valence-corrected chi connectivity index (χ2v) is 7.85. The minimum absolute atomic E-state index is 0.807. The lowest BCUT2D eigenvalue weighted by atomic mass is 9.87. The van der Waals surface area contributed by atoms with E-state index in [2.05, 4.69) is 58.4 Å². The predicted octanol–water partition coefficient (Wildman–Crippen LogP) is 5.33. The Kier molecular flexibility index (Phi) is 2.64. The number of aromatic nitrogens is 2. The summed E-state index contributed by atoms with van der Waals surface area (Å²) in [5.74, 6) is 0. The predicted molar refractivity (Wildman–Crippen MR) is 111 cm³/mol. The maximum atomic E-state index is 4.71. The van der Waals surface area contributed by atoms with Crippen LogP contribution in [0, 0.1) is 0 Å². The standard InChI is InChI=1S/C25H17N3/c1-2-5-17-15(4-1)12-19-18(17)7-8-23-20(19)13-16-9-11-27-22-14-21-24(6-3-10-26-21)28(23)25(16)22/h1-11H,12-14H2. The molecule has 0 spiro atoms. The quantitative estimate of drug-likeness (QED) is 0.367. The molecule has 1 aliphatic carbocycles. The summed E-state index contributed by atoms with van der Waals surface area (Å²) in [6.45, 7) is 0. The molecule has 132 valence electrons. The Hall–Kier alpha value is -3.46. The van der Waals surface area contributed by atoms with Gasteiger partial charge in [0.1, 0.15) is 0 Å². The Morgan fingerprint density at radius 1 is 0.607 bits per heavy atom. The molecule has 0 atom stereocenters. The Balaban J connectivity index is 1.52. The van der Waals surface area contributed by atoms with E-state index in [0.717, 1.165) is 30.7 Å². The smallest absolute Gasteiger partial charge is 0.0717 e. The third-order valence-corrected chi connectivity index (χ3v) is 6.44. The zero-order valence-corrected chi connectivity index (χ0v) is 15.3. The molecule has 0 amide bonds. The first-order valence-corrected chi connectivity index (χ1v) is 9.82. The van der Waals surface area contributed by atoms with Crippen molar-refractivity contribution in [1.82, 2.24) is 9.97 Å². The van der Waals surface area contributed by atoms with Gasteiger partial charge in [0.25, 0.3) is 0 Å². The molecule has 3 nitrogen and oxygen atoms in total. The molecule has 7 rings (SSSR count). The second-order valence-electron chi connectivity index (χ2n) is 7.85. The van der Waals surface area contributed by atoms with Crippen LogP contribution in [-0.2, 0) is 19.3 Å². The van der Waals surface area contributed by atoms with Crippen molar-refractivity contribution in [2.45, 2.75) is 19.3 Å². The summed E-state index contributed by atoms with van der Waals surface area (Å²) in [7, 11) is 0. The van der Waals surface area contributed by atoms with Crippen LogP contribution in [0.4, 0.5) is 17.1 Å². The maximum Gasteiger partial charge on any atom is 0.0717 e. The van der Waals surface area contributed by atoms with Gasteiger partial charge < -0.3 is 4.90 Å². The normalized spacial score (nSPS) is 14.6. The van der Waals surface area contributed by atoms with E-state index in [1.54, 1.807) is 0 Å². The molecule has 4 heterocycles. The van der Waals surface area contributed by atoms with Crippen LogP contribution in [0.25, 0.3) is 11.1 Å². The SMILES string of the molecule is c1ccc2c(c1)Cc1c-2ccc2c1Cc1ccnc3c1N2c1cccnc1C3. The molecular weight excluding hydrogens is 342 g/mol. The number of anilines is 3. The summed E-state index contributed by atoms with van der Waals surface area (Å²) in [5, 5.41) is 0. The fourth-order valence-corrected chi connectivity index (χ4v) is 5.25. The zero-order valence-electron chi connectivity index (χ0n) is 15.3. The first-order chi connectivity index (χ1) is 13.9. The van der Waals surface area contributed by atoms with Crippen LogP contribution >= 0.6 is 0 Å². The lowest BCUT2D eigenvalue weighted by molar-refractivity contribution is 0.922. The van der Waals surface area contributed by atoms with Gasteiger partial charge >= 0.3 is 0 Å². The highest BCUT2D eigenvalue weighted by atomic mass is 15.2. The molecule has 0 radical (unpaired) electrons. The Bertz CT molecular complexity index is 1310. The van der Waals surface area contributed by atoms with Gasteiger partial charge in [-0.25, -0.2) is 0 Å². The van der Waals surface area contributed by atoms with Gasteiger partial charge in [-0.3, -0.25) is 9.97 Å². The Morgan fingerprint density at radius 2 is 1.50 bits per heavy atom. The summed E-state index contributed by atoms with van der Waals surface area (Å²) in [6.07, 6.45) is 6.65. The van der Waals surface area contributed by atoms with Crippen molar-refractivity contribution in [2.24, 2.45) is 0 Å². The van der Waals surface area contributed by atoms with Gasteiger partial charge in [0.2, 0.25) is 0 Å². The topological polar surface area (TPSA) is 29.0 Å². The molecule has 4 aromatic rings. The van der Waals surface area contributed by atoms with Gasteiger partial charge in [-0.15, -0.1) is 0 Å². The molecule has 2 aromatic carbocycles. The van der Waals surface area contributed by atoms with Gasteiger partial charge in [0.05, 0.1) is 28.5 Å². The number of benzene rings is 2. The molecule has 28 heavy (non-hydrogen) atoms. The van der Waals surface area contributed by atoms with Crippen LogP contribution in [0.15, 0.2) is 67.0 Å². The van der Waals surface area contributed by atoms with Crippen molar-refractivity contribution in [3.05, 3.63) is 101 Å². The molecule has 0 fully saturated rings. The second kappa shape index (κ2) is 5.08. The zero-order chi connectivity index (χ0) is 18.2. The molecule has 2 aromatic heterocycles. The molecule has 3 heteroatoms. The third-order valence-electron chi connectivity index (χ3n) is 6.44. The minimum Gasteiger partial charge on any atom is -0.306 e. The highest BCUT2D eigenvalue weighted by Gasteiger charge is 2.35. The van der Waals surface area contributed by atoms with Gasteiger partial charge in [0, 0.05) is 25.2 Å². The molecule has 2 aliphatic heterocycles. The van der Waals surface area contributed by atoms with Gasteiger partial charge in [-0.1, -0.05) is 30.3 Å². The van der Waals surface area contributed by atoms with Crippen molar-refractivity contribution < 1.29 is 0 Å². The molecule has 0 saturated carbocycles. The van der Waals surface area contributed by atoms with Gasteiger partial charge in [0.15, 0.2) is 0 Å². The van der Waals surface area contributed by atoms with Crippen molar-refractivity contribution in [2.75, 3.05) is 4.90 Å². The molecule has 0 unspecified atom stereocenters. The monoisotopic (exact) mass is 359 g/mol. The summed E-state index contributed by atoms with van der Waals surface area (Å²) in [4.78, 5) is 11.8. The average molecular weight is 359 g/mol. The van der Waals surface area contributed by atoms with Gasteiger partial charge in [-0.05, 0) is 64.1 Å². The molecular formula is C25H17N3. The largest absolute Gasteiger partial charge is 0.306 e. The van der Waals surface area contributed by atoms with Crippen molar-refractivity contribution >= 4 is 17.1 Å². The summed E-state index contributed by atoms with van der Waals surface area (Å²) < 4.78 is 0. The first kappa shape index (κ1) is 14.6. The summed E-state index contributed by atoms with van der Waals surface area (Å²) in [6, 6.07) is 19.9. The third kappa shape index (κ3) is 1.74. The van der Waals surface area contributed by atoms with E-state index < -0.39 is 0 Å². The fraction of sp³-hybridized carbons (Fsp3) is 0.120. The van der Waals surface area contributed by atoms with E-state index in [9.17, 15) is 0 Å².